The van der Waals surface area contributed by atoms with Gasteiger partial charge in [-0.1, -0.05) is 175 Å². The fraction of sp³-hybridized carbons (Fsp3) is 0.884. The number of fused-ring (bicyclic) bond motifs is 7. The first kappa shape index (κ1) is 63.5. The average Bonchev–Trinajstić information content (AvgIpc) is 4.23. The third-order valence-electron chi connectivity index (χ3n) is 21.3. The number of unbranched alkanes of at least 4 members (excludes halogenated alkanes) is 18. The van der Waals surface area contributed by atoms with Crippen LogP contribution < -0.4 is 0 Å². The predicted octanol–water partition coefficient (Wildman–Crippen LogP) is 18.3. The van der Waals surface area contributed by atoms with Gasteiger partial charge in [0.15, 0.2) is 0 Å². The predicted molar refractivity (Wildman–Crippen MR) is 314 cm³/mol. The maximum Gasteiger partial charge on any atom is 0.333 e. The summed E-state index contributed by atoms with van der Waals surface area (Å²) in [6.07, 6.45) is 51.3. The van der Waals surface area contributed by atoms with Gasteiger partial charge in [0.25, 0.3) is 0 Å². The van der Waals surface area contributed by atoms with Gasteiger partial charge in [0.1, 0.15) is 0 Å². The van der Waals surface area contributed by atoms with E-state index in [1.54, 1.807) is 6.92 Å². The summed E-state index contributed by atoms with van der Waals surface area (Å²) in [5.41, 5.74) is 0.480. The minimum Gasteiger partial charge on any atom is -0.465 e. The summed E-state index contributed by atoms with van der Waals surface area (Å²) < 4.78 is 22.8. The van der Waals surface area contributed by atoms with Crippen LogP contribution >= 0.6 is 0 Å². The molecule has 8 nitrogen and oxygen atoms in total. The Labute approximate surface area is 471 Å². The number of ether oxygens (including phenoxy) is 4. The molecule has 6 aliphatic carbocycles. The van der Waals surface area contributed by atoms with Gasteiger partial charge in [-0.2, -0.15) is 0 Å². The summed E-state index contributed by atoms with van der Waals surface area (Å²) in [6, 6.07) is 0. The van der Waals surface area contributed by atoms with Crippen LogP contribution in [0.15, 0.2) is 24.8 Å². The molecule has 14 unspecified atom stereocenters. The Kier molecular flexibility index (Phi) is 29.7. The highest BCUT2D eigenvalue weighted by Gasteiger charge is 2.56. The first-order valence-electron chi connectivity index (χ1n) is 33.5. The Morgan fingerprint density at radius 3 is 1.53 bits per heavy atom. The quantitative estimate of drug-likeness (QED) is 0.0259. The summed E-state index contributed by atoms with van der Waals surface area (Å²) in [5.74, 6) is 9.14. The molecule has 0 radical (unpaired) electrons. The SMILES string of the molecule is C=CC(=O)OCC1CCC2CC(CC1)C(COC(=O)CCCCCCCCC1C(CCCCCCCC)CCC(CCCCCC)C1CCCCCCCCC(=O)OCC1CC3C4CC(COC(=O)C(=C)C)C(C4)C3C1)C2. The second-order valence-corrected chi connectivity index (χ2v) is 26.9. The minimum absolute atomic E-state index is 0.000376. The van der Waals surface area contributed by atoms with Crippen LogP contribution in [0.1, 0.15) is 278 Å². The van der Waals surface area contributed by atoms with Crippen LogP contribution in [0.3, 0.4) is 0 Å². The van der Waals surface area contributed by atoms with E-state index in [0.717, 1.165) is 80.5 Å². The fourth-order valence-corrected chi connectivity index (χ4v) is 17.0. The molecule has 0 saturated heterocycles. The van der Waals surface area contributed by atoms with Crippen molar-refractivity contribution in [2.75, 3.05) is 26.4 Å². The number of esters is 4. The second kappa shape index (κ2) is 36.0. The van der Waals surface area contributed by atoms with E-state index in [9.17, 15) is 19.2 Å². The fourth-order valence-electron chi connectivity index (χ4n) is 17.0. The first-order chi connectivity index (χ1) is 37.6. The molecule has 0 heterocycles. The molecule has 0 aromatic carbocycles. The molecule has 0 aliphatic heterocycles. The van der Waals surface area contributed by atoms with Crippen LogP contribution in [-0.2, 0) is 38.1 Å². The molecule has 6 fully saturated rings. The molecule has 6 aliphatic rings. The van der Waals surface area contributed by atoms with E-state index in [1.165, 1.54) is 205 Å². The van der Waals surface area contributed by atoms with E-state index in [1.807, 2.05) is 0 Å². The summed E-state index contributed by atoms with van der Waals surface area (Å²) in [4.78, 5) is 49.4. The number of hydrogen-bond donors (Lipinski definition) is 0. The zero-order valence-electron chi connectivity index (χ0n) is 50.0. The third-order valence-corrected chi connectivity index (χ3v) is 21.3. The average molecular weight is 1070 g/mol. The molecule has 6 saturated carbocycles. The molecule has 0 aromatic rings. The van der Waals surface area contributed by atoms with Gasteiger partial charge in [0, 0.05) is 24.5 Å². The van der Waals surface area contributed by atoms with E-state index in [0.29, 0.717) is 92.2 Å². The number of hydrogen-bond acceptors (Lipinski definition) is 8. The van der Waals surface area contributed by atoms with Crippen molar-refractivity contribution in [1.82, 2.24) is 0 Å². The molecule has 77 heavy (non-hydrogen) atoms. The summed E-state index contributed by atoms with van der Waals surface area (Å²) in [6.45, 7) is 15.9. The van der Waals surface area contributed by atoms with Crippen molar-refractivity contribution in [2.45, 2.75) is 278 Å². The molecule has 0 aromatic heterocycles. The molecule has 4 bridgehead atoms. The van der Waals surface area contributed by atoms with Crippen molar-refractivity contribution in [3.05, 3.63) is 24.8 Å². The molecular formula is C69H116O8. The lowest BCUT2D eigenvalue weighted by molar-refractivity contribution is -0.146. The Morgan fingerprint density at radius 2 is 0.935 bits per heavy atom. The van der Waals surface area contributed by atoms with Crippen LogP contribution in [0.4, 0.5) is 0 Å². The Morgan fingerprint density at radius 1 is 0.429 bits per heavy atom. The molecule has 0 amide bonds. The van der Waals surface area contributed by atoms with E-state index < -0.39 is 0 Å². The highest BCUT2D eigenvalue weighted by atomic mass is 16.5. The van der Waals surface area contributed by atoms with Crippen LogP contribution in [-0.4, -0.2) is 50.3 Å². The van der Waals surface area contributed by atoms with Crippen molar-refractivity contribution in [1.29, 1.82) is 0 Å². The molecule has 440 valence electrons. The normalized spacial score (nSPS) is 30.3. The van der Waals surface area contributed by atoms with Gasteiger partial charge in [-0.3, -0.25) is 9.59 Å². The summed E-state index contributed by atoms with van der Waals surface area (Å²) in [5, 5.41) is 0. The minimum atomic E-state index is -0.320. The lowest BCUT2D eigenvalue weighted by Gasteiger charge is -2.44. The van der Waals surface area contributed by atoms with Crippen molar-refractivity contribution in [2.24, 2.45) is 82.9 Å². The van der Waals surface area contributed by atoms with Gasteiger partial charge < -0.3 is 18.9 Å². The van der Waals surface area contributed by atoms with E-state index >= 15 is 0 Å². The Bertz CT molecular complexity index is 1720. The van der Waals surface area contributed by atoms with E-state index in [-0.39, 0.29) is 23.9 Å². The van der Waals surface area contributed by atoms with Gasteiger partial charge in [0.2, 0.25) is 0 Å². The maximum atomic E-state index is 12.9. The van der Waals surface area contributed by atoms with Gasteiger partial charge in [-0.05, 0) is 186 Å². The van der Waals surface area contributed by atoms with Crippen molar-refractivity contribution >= 4 is 23.9 Å². The van der Waals surface area contributed by atoms with Gasteiger partial charge in [-0.15, -0.1) is 0 Å². The van der Waals surface area contributed by atoms with Crippen LogP contribution in [0.25, 0.3) is 0 Å². The second-order valence-electron chi connectivity index (χ2n) is 26.9. The monoisotopic (exact) mass is 1070 g/mol. The third kappa shape index (κ3) is 22.0. The highest BCUT2D eigenvalue weighted by molar-refractivity contribution is 5.86. The lowest BCUT2D eigenvalue weighted by Crippen LogP contribution is -2.35. The number of carbonyl (C=O) groups excluding carboxylic acids is 4. The van der Waals surface area contributed by atoms with Gasteiger partial charge >= 0.3 is 23.9 Å². The van der Waals surface area contributed by atoms with Crippen molar-refractivity contribution in [3.8, 4) is 0 Å². The van der Waals surface area contributed by atoms with Crippen LogP contribution in [0, 0.1) is 82.9 Å². The van der Waals surface area contributed by atoms with E-state index in [4.69, 9.17) is 18.9 Å². The van der Waals surface area contributed by atoms with Gasteiger partial charge in [0.05, 0.1) is 26.4 Å². The lowest BCUT2D eigenvalue weighted by atomic mass is 9.61. The van der Waals surface area contributed by atoms with Crippen molar-refractivity contribution < 1.29 is 38.1 Å². The number of carbonyl (C=O) groups is 4. The zero-order chi connectivity index (χ0) is 54.6. The van der Waals surface area contributed by atoms with Crippen LogP contribution in [0.2, 0.25) is 0 Å². The van der Waals surface area contributed by atoms with Crippen LogP contribution in [0.5, 0.6) is 0 Å². The zero-order valence-corrected chi connectivity index (χ0v) is 50.0. The first-order valence-corrected chi connectivity index (χ1v) is 33.5. The van der Waals surface area contributed by atoms with Crippen molar-refractivity contribution in [3.63, 3.8) is 0 Å². The van der Waals surface area contributed by atoms with Gasteiger partial charge in [-0.25, -0.2) is 9.59 Å². The molecule has 0 N–H and O–H groups in total. The molecule has 6 rings (SSSR count). The summed E-state index contributed by atoms with van der Waals surface area (Å²) >= 11 is 0. The Hall–Kier alpha value is -2.64. The highest BCUT2D eigenvalue weighted by Crippen LogP contribution is 2.62. The smallest absolute Gasteiger partial charge is 0.333 e. The summed E-state index contributed by atoms with van der Waals surface area (Å²) in [7, 11) is 0. The standard InChI is InChI=1S/C69H116O8/c1-6-9-11-13-18-24-30-56-40-39-55(29-23-12-10-7-2)61(31-25-19-14-16-21-27-33-67(71)75-48-54-43-63-58-45-60(50-77-69(73)51(4)5)64(46-58)65(63)44-54)62(56)32-26-20-15-17-22-28-34-68(72)76-49-59-42-53-36-35-52(37-38-57(59)41-53)47-74-66(70)8-3/h8,52-65H,3-4,6-7,9-50H2,1-2,5H3. The maximum absolute atomic E-state index is 12.9. The molecule has 14 atom stereocenters. The molecule has 0 spiro atoms. The van der Waals surface area contributed by atoms with E-state index in [2.05, 4.69) is 27.0 Å². The molecular weight excluding hydrogens is 957 g/mol. The topological polar surface area (TPSA) is 105 Å². The molecule has 8 heteroatoms. The Balaban J connectivity index is 0.856. The number of rotatable bonds is 40. The largest absolute Gasteiger partial charge is 0.465 e.